The minimum absolute atomic E-state index is 0.287. The quantitative estimate of drug-likeness (QED) is 0.301. The Morgan fingerprint density at radius 2 is 2.43 bits per heavy atom. The van der Waals surface area contributed by atoms with Crippen LogP contribution in [-0.2, 0) is 0 Å². The van der Waals surface area contributed by atoms with E-state index in [1.165, 1.54) is 6.92 Å². The van der Waals surface area contributed by atoms with Crippen molar-refractivity contribution in [1.29, 1.82) is 0 Å². The Labute approximate surface area is 40.2 Å². The zero-order chi connectivity index (χ0) is 5.86. The Bertz CT molecular complexity index is 103. The summed E-state index contributed by atoms with van der Waals surface area (Å²) in [5.41, 5.74) is 0. The van der Waals surface area contributed by atoms with Crippen molar-refractivity contribution >= 4 is 0 Å². The summed E-state index contributed by atoms with van der Waals surface area (Å²) >= 11 is 0. The Morgan fingerprint density at radius 3 is 2.43 bits per heavy atom. The van der Waals surface area contributed by atoms with Crippen LogP contribution in [0.5, 0.6) is 0 Å². The first-order valence-corrected chi connectivity index (χ1v) is 1.64. The molecule has 0 aliphatic carbocycles. The highest BCUT2D eigenvalue weighted by molar-refractivity contribution is 4.75. The van der Waals surface area contributed by atoms with Crippen molar-refractivity contribution in [2.75, 3.05) is 0 Å². The van der Waals surface area contributed by atoms with E-state index in [2.05, 4.69) is 0 Å². The molecule has 0 aliphatic heterocycles. The summed E-state index contributed by atoms with van der Waals surface area (Å²) < 4.78 is 0. The van der Waals surface area contributed by atoms with Crippen molar-refractivity contribution in [2.45, 2.75) is 6.92 Å². The minimum atomic E-state index is -0.713. The molecule has 0 heterocycles. The first-order chi connectivity index (χ1) is 3.13. The normalized spacial score (nSPS) is 11.3. The molecule has 7 heavy (non-hydrogen) atoms. The number of aliphatic hydroxyl groups is 1. The monoisotopic (exact) mass is 103 g/mol. The van der Waals surface area contributed by atoms with E-state index in [1.807, 2.05) is 0 Å². The van der Waals surface area contributed by atoms with E-state index in [-0.39, 0.29) is 5.76 Å². The Morgan fingerprint density at radius 1 is 2.00 bits per heavy atom. The third-order valence-electron chi connectivity index (χ3n) is 0.292. The second-order valence-electron chi connectivity index (χ2n) is 1.06. The van der Waals surface area contributed by atoms with Crippen LogP contribution in [0.15, 0.2) is 12.0 Å². The molecule has 0 saturated carbocycles. The molecule has 0 atom stereocenters. The minimum Gasteiger partial charge on any atom is -0.506 e. The summed E-state index contributed by atoms with van der Waals surface area (Å²) in [6, 6.07) is 0. The van der Waals surface area contributed by atoms with Crippen LogP contribution in [-0.4, -0.2) is 10.0 Å². The molecule has 0 unspecified atom stereocenters. The zero-order valence-electron chi connectivity index (χ0n) is 3.79. The maximum Gasteiger partial charge on any atom is 0.271 e. The molecule has 0 aromatic carbocycles. The van der Waals surface area contributed by atoms with Crippen molar-refractivity contribution in [1.82, 2.24) is 0 Å². The van der Waals surface area contributed by atoms with E-state index in [4.69, 9.17) is 5.11 Å². The lowest BCUT2D eigenvalue weighted by Gasteiger charge is -1.77. The fraction of sp³-hybridized carbons (Fsp3) is 0.333. The summed E-state index contributed by atoms with van der Waals surface area (Å²) in [6.45, 7) is 1.24. The number of rotatable bonds is 1. The molecule has 0 rings (SSSR count). The van der Waals surface area contributed by atoms with E-state index in [1.54, 1.807) is 0 Å². The van der Waals surface area contributed by atoms with Crippen LogP contribution in [0.3, 0.4) is 0 Å². The van der Waals surface area contributed by atoms with Crippen molar-refractivity contribution < 1.29 is 10.0 Å². The Kier molecular flexibility index (Phi) is 1.84. The van der Waals surface area contributed by atoms with E-state index in [0.717, 1.165) is 0 Å². The molecule has 4 nitrogen and oxygen atoms in total. The largest absolute Gasteiger partial charge is 0.506 e. The predicted octanol–water partition coefficient (Wildman–Crippen LogP) is 0.682. The topological polar surface area (TPSA) is 63.4 Å². The highest BCUT2D eigenvalue weighted by Gasteiger charge is 1.86. The molecule has 0 saturated heterocycles. The molecule has 4 heteroatoms. The van der Waals surface area contributed by atoms with Crippen LogP contribution in [0.1, 0.15) is 6.92 Å². The molecule has 0 aromatic rings. The van der Waals surface area contributed by atoms with Gasteiger partial charge in [-0.15, -0.1) is 0 Å². The summed E-state index contributed by atoms with van der Waals surface area (Å²) in [4.78, 5) is 8.67. The highest BCUT2D eigenvalue weighted by atomic mass is 16.6. The maximum atomic E-state index is 9.38. The molecule has 40 valence electrons. The summed E-state index contributed by atoms with van der Waals surface area (Å²) in [7, 11) is 0. The van der Waals surface area contributed by atoms with Gasteiger partial charge >= 0.3 is 0 Å². The van der Waals surface area contributed by atoms with E-state index >= 15 is 0 Å². The van der Waals surface area contributed by atoms with Crippen molar-refractivity contribution in [3.8, 4) is 0 Å². The molecule has 0 radical (unpaired) electrons. The molecular weight excluding hydrogens is 98.0 g/mol. The predicted molar refractivity (Wildman–Crippen MR) is 23.4 cm³/mol. The molecule has 0 aromatic heterocycles. The van der Waals surface area contributed by atoms with Gasteiger partial charge in [0.1, 0.15) is 0 Å². The smallest absolute Gasteiger partial charge is 0.271 e. The van der Waals surface area contributed by atoms with Crippen molar-refractivity contribution in [2.24, 2.45) is 0 Å². The van der Waals surface area contributed by atoms with Crippen molar-refractivity contribution in [3.63, 3.8) is 0 Å². The van der Waals surface area contributed by atoms with E-state index in [9.17, 15) is 10.1 Å². The van der Waals surface area contributed by atoms with Crippen molar-refractivity contribution in [3.05, 3.63) is 22.1 Å². The summed E-state index contributed by atoms with van der Waals surface area (Å²) in [6.07, 6.45) is 0.528. The lowest BCUT2D eigenvalue weighted by Crippen LogP contribution is -1.84. The van der Waals surface area contributed by atoms with Gasteiger partial charge in [0, 0.05) is 0 Å². The number of hydrogen-bond acceptors (Lipinski definition) is 3. The average Bonchev–Trinajstić information content (AvgIpc) is 1.27. The lowest BCUT2D eigenvalue weighted by atomic mass is 10.6. The first kappa shape index (κ1) is 5.94. The molecule has 0 amide bonds. The van der Waals surface area contributed by atoms with Gasteiger partial charge < -0.3 is 5.11 Å². The summed E-state index contributed by atoms with van der Waals surface area (Å²) in [5.74, 6) is -0.287. The number of hydrogen-bond donors (Lipinski definition) is 1. The van der Waals surface area contributed by atoms with Gasteiger partial charge in [-0.25, -0.2) is 0 Å². The number of aliphatic hydroxyl groups excluding tert-OH is 1. The van der Waals surface area contributed by atoms with Gasteiger partial charge in [-0.05, 0) is 6.92 Å². The molecular formula is C3H5NO3. The zero-order valence-corrected chi connectivity index (χ0v) is 3.79. The molecule has 0 spiro atoms. The van der Waals surface area contributed by atoms with Gasteiger partial charge in [-0.3, -0.25) is 10.1 Å². The molecule has 1 N–H and O–H groups in total. The SMILES string of the molecule is C/C(O)=C/[N+](=O)[O-]. The number of nitro groups is 1. The Hall–Kier alpha value is -1.06. The van der Waals surface area contributed by atoms with Crippen LogP contribution < -0.4 is 0 Å². The third-order valence-corrected chi connectivity index (χ3v) is 0.292. The molecule has 0 fully saturated rings. The standard InChI is InChI=1S/C3H5NO3/c1-3(5)2-4(6)7/h2,5H,1H3/b3-2-. The lowest BCUT2D eigenvalue weighted by molar-refractivity contribution is -0.405. The van der Waals surface area contributed by atoms with Gasteiger partial charge in [-0.2, -0.15) is 0 Å². The number of nitrogens with zero attached hydrogens (tertiary/aromatic N) is 1. The van der Waals surface area contributed by atoms with Gasteiger partial charge in [0.25, 0.3) is 6.20 Å². The van der Waals surface area contributed by atoms with Crippen LogP contribution in [0.2, 0.25) is 0 Å². The first-order valence-electron chi connectivity index (χ1n) is 1.64. The maximum absolute atomic E-state index is 9.38. The van der Waals surface area contributed by atoms with Gasteiger partial charge in [0.2, 0.25) is 0 Å². The fourth-order valence-corrected chi connectivity index (χ4v) is 0.153. The van der Waals surface area contributed by atoms with Gasteiger partial charge in [0.15, 0.2) is 5.76 Å². The summed E-state index contributed by atoms with van der Waals surface area (Å²) in [5, 5.41) is 17.5. The Balaban J connectivity index is 3.68. The van der Waals surface area contributed by atoms with E-state index in [0.29, 0.717) is 6.20 Å². The van der Waals surface area contributed by atoms with Crippen LogP contribution in [0, 0.1) is 10.1 Å². The fourth-order valence-electron chi connectivity index (χ4n) is 0.153. The highest BCUT2D eigenvalue weighted by Crippen LogP contribution is 1.81. The van der Waals surface area contributed by atoms with Crippen LogP contribution >= 0.6 is 0 Å². The van der Waals surface area contributed by atoms with E-state index < -0.39 is 4.92 Å². The number of allylic oxidation sites excluding steroid dienone is 1. The van der Waals surface area contributed by atoms with Crippen LogP contribution in [0.25, 0.3) is 0 Å². The van der Waals surface area contributed by atoms with Gasteiger partial charge in [-0.1, -0.05) is 0 Å². The molecule has 0 bridgehead atoms. The second kappa shape index (κ2) is 2.17. The second-order valence-corrected chi connectivity index (χ2v) is 1.06. The average molecular weight is 103 g/mol. The van der Waals surface area contributed by atoms with Crippen LogP contribution in [0.4, 0.5) is 0 Å². The third kappa shape index (κ3) is 4.94. The van der Waals surface area contributed by atoms with Gasteiger partial charge in [0.05, 0.1) is 4.92 Å². The molecule has 0 aliphatic rings.